The van der Waals surface area contributed by atoms with Crippen LogP contribution in [0.1, 0.15) is 36.7 Å². The second-order valence-corrected chi connectivity index (χ2v) is 9.93. The Bertz CT molecular complexity index is 1030. The fourth-order valence-electron chi connectivity index (χ4n) is 3.99. The molecule has 1 aliphatic rings. The molecule has 174 valence electrons. The van der Waals surface area contributed by atoms with Gasteiger partial charge in [0.2, 0.25) is 10.0 Å². The first-order chi connectivity index (χ1) is 15.3. The van der Waals surface area contributed by atoms with E-state index in [9.17, 15) is 13.2 Å². The van der Waals surface area contributed by atoms with Crippen molar-refractivity contribution in [2.45, 2.75) is 32.6 Å². The summed E-state index contributed by atoms with van der Waals surface area (Å²) in [5.74, 6) is -0.260. The number of carbonyl (C=O) groups excluding carboxylic acids is 1. The number of benzene rings is 2. The number of rotatable bonds is 8. The minimum Gasteiger partial charge on any atom is -0.369 e. The topological polar surface area (TPSA) is 73.0 Å². The summed E-state index contributed by atoms with van der Waals surface area (Å²) >= 11 is 0. The SMILES string of the molecule is CCN1CCN(c2ccc(NC(=O)c3ccc(S(=O)(=O)N(CC)CC)cc3)c(C)c2)CC1. The van der Waals surface area contributed by atoms with Gasteiger partial charge in [0.05, 0.1) is 4.90 Å². The average molecular weight is 459 g/mol. The zero-order valence-corrected chi connectivity index (χ0v) is 20.3. The third-order valence-electron chi connectivity index (χ3n) is 6.10. The molecule has 1 saturated heterocycles. The van der Waals surface area contributed by atoms with Crippen molar-refractivity contribution >= 4 is 27.3 Å². The summed E-state index contributed by atoms with van der Waals surface area (Å²) in [7, 11) is -3.54. The summed E-state index contributed by atoms with van der Waals surface area (Å²) in [5, 5.41) is 2.95. The van der Waals surface area contributed by atoms with Crippen LogP contribution in [0.4, 0.5) is 11.4 Å². The smallest absolute Gasteiger partial charge is 0.255 e. The summed E-state index contributed by atoms with van der Waals surface area (Å²) in [6.07, 6.45) is 0. The zero-order valence-electron chi connectivity index (χ0n) is 19.5. The molecule has 1 amide bonds. The maximum atomic E-state index is 12.7. The van der Waals surface area contributed by atoms with Gasteiger partial charge >= 0.3 is 0 Å². The van der Waals surface area contributed by atoms with E-state index in [1.54, 1.807) is 12.1 Å². The van der Waals surface area contributed by atoms with Gasteiger partial charge in [-0.1, -0.05) is 20.8 Å². The van der Waals surface area contributed by atoms with Crippen molar-refractivity contribution in [3.63, 3.8) is 0 Å². The van der Waals surface area contributed by atoms with Crippen LogP contribution in [0, 0.1) is 6.92 Å². The lowest BCUT2D eigenvalue weighted by molar-refractivity contribution is 0.102. The van der Waals surface area contributed by atoms with Crippen molar-refractivity contribution in [2.24, 2.45) is 0 Å². The van der Waals surface area contributed by atoms with Gasteiger partial charge in [0.15, 0.2) is 0 Å². The Labute approximate surface area is 192 Å². The van der Waals surface area contributed by atoms with E-state index in [1.807, 2.05) is 32.9 Å². The van der Waals surface area contributed by atoms with E-state index >= 15 is 0 Å². The van der Waals surface area contributed by atoms with Crippen LogP contribution < -0.4 is 10.2 Å². The Hall–Kier alpha value is -2.42. The summed E-state index contributed by atoms with van der Waals surface area (Å²) in [4.78, 5) is 17.8. The van der Waals surface area contributed by atoms with Gasteiger partial charge < -0.3 is 15.1 Å². The molecule has 0 unspecified atom stereocenters. The quantitative estimate of drug-likeness (QED) is 0.656. The van der Waals surface area contributed by atoms with Crippen molar-refractivity contribution < 1.29 is 13.2 Å². The highest BCUT2D eigenvalue weighted by Crippen LogP contribution is 2.24. The fourth-order valence-corrected chi connectivity index (χ4v) is 5.45. The number of nitrogens with one attached hydrogen (secondary N) is 1. The lowest BCUT2D eigenvalue weighted by atomic mass is 10.1. The van der Waals surface area contributed by atoms with Crippen LogP contribution in [0.25, 0.3) is 0 Å². The van der Waals surface area contributed by atoms with Crippen molar-refractivity contribution in [2.75, 3.05) is 56.0 Å². The number of anilines is 2. The van der Waals surface area contributed by atoms with E-state index in [0.29, 0.717) is 18.7 Å². The maximum Gasteiger partial charge on any atom is 0.255 e. The summed E-state index contributed by atoms with van der Waals surface area (Å²) in [5.41, 5.74) is 3.34. The van der Waals surface area contributed by atoms with Gasteiger partial charge in [-0.2, -0.15) is 4.31 Å². The molecule has 7 nitrogen and oxygen atoms in total. The summed E-state index contributed by atoms with van der Waals surface area (Å²) in [6, 6.07) is 12.2. The molecule has 1 fully saturated rings. The van der Waals surface area contributed by atoms with Crippen LogP contribution >= 0.6 is 0 Å². The minimum absolute atomic E-state index is 0.196. The highest BCUT2D eigenvalue weighted by molar-refractivity contribution is 7.89. The van der Waals surface area contributed by atoms with Gasteiger partial charge in [0, 0.05) is 56.2 Å². The molecule has 1 N–H and O–H groups in total. The average Bonchev–Trinajstić information content (AvgIpc) is 2.81. The number of hydrogen-bond donors (Lipinski definition) is 1. The van der Waals surface area contributed by atoms with Crippen LogP contribution in [-0.4, -0.2) is 69.3 Å². The molecule has 8 heteroatoms. The molecular formula is C24H34N4O3S. The molecule has 0 aromatic heterocycles. The molecule has 0 saturated carbocycles. The van der Waals surface area contributed by atoms with Crippen LogP contribution in [0.2, 0.25) is 0 Å². The second-order valence-electron chi connectivity index (χ2n) is 7.99. The van der Waals surface area contributed by atoms with Crippen molar-refractivity contribution in [1.82, 2.24) is 9.21 Å². The third kappa shape index (κ3) is 5.31. The van der Waals surface area contributed by atoms with Gasteiger partial charge in [-0.05, 0) is 61.5 Å². The minimum atomic E-state index is -3.54. The number of carbonyl (C=O) groups is 1. The summed E-state index contributed by atoms with van der Waals surface area (Å²) in [6.45, 7) is 13.8. The summed E-state index contributed by atoms with van der Waals surface area (Å²) < 4.78 is 26.7. The molecule has 2 aromatic carbocycles. The third-order valence-corrected chi connectivity index (χ3v) is 8.17. The molecule has 3 rings (SSSR count). The van der Waals surface area contributed by atoms with Crippen LogP contribution in [0.5, 0.6) is 0 Å². The highest BCUT2D eigenvalue weighted by atomic mass is 32.2. The van der Waals surface area contributed by atoms with Gasteiger partial charge in [-0.15, -0.1) is 0 Å². The molecular weight excluding hydrogens is 424 g/mol. The number of hydrogen-bond acceptors (Lipinski definition) is 5. The Morgan fingerprint density at radius 2 is 1.59 bits per heavy atom. The second kappa shape index (κ2) is 10.5. The van der Waals surface area contributed by atoms with Crippen molar-refractivity contribution in [3.05, 3.63) is 53.6 Å². The predicted molar refractivity (Wildman–Crippen MR) is 130 cm³/mol. The lowest BCUT2D eigenvalue weighted by Crippen LogP contribution is -2.46. The fraction of sp³-hybridized carbons (Fsp3) is 0.458. The van der Waals surface area contributed by atoms with E-state index in [2.05, 4.69) is 28.1 Å². The van der Waals surface area contributed by atoms with E-state index in [0.717, 1.165) is 44.0 Å². The molecule has 0 aliphatic carbocycles. The monoisotopic (exact) mass is 458 g/mol. The molecule has 32 heavy (non-hydrogen) atoms. The molecule has 0 spiro atoms. The molecule has 0 bridgehead atoms. The van der Waals surface area contributed by atoms with Crippen LogP contribution in [0.15, 0.2) is 47.4 Å². The number of amides is 1. The Kier molecular flexibility index (Phi) is 7.92. The number of sulfonamides is 1. The lowest BCUT2D eigenvalue weighted by Gasteiger charge is -2.35. The van der Waals surface area contributed by atoms with E-state index < -0.39 is 10.0 Å². The number of piperazine rings is 1. The Morgan fingerprint density at radius 1 is 0.969 bits per heavy atom. The first-order valence-corrected chi connectivity index (χ1v) is 12.7. The largest absolute Gasteiger partial charge is 0.369 e. The molecule has 2 aromatic rings. The molecule has 1 heterocycles. The molecule has 0 atom stereocenters. The van der Waals surface area contributed by atoms with Gasteiger partial charge in [-0.3, -0.25) is 4.79 Å². The van der Waals surface area contributed by atoms with E-state index in [4.69, 9.17) is 0 Å². The number of nitrogens with zero attached hydrogens (tertiary/aromatic N) is 3. The first kappa shape index (κ1) is 24.2. The van der Waals surface area contributed by atoms with Crippen LogP contribution in [0.3, 0.4) is 0 Å². The number of likely N-dealkylation sites (N-methyl/N-ethyl adjacent to an activating group) is 1. The van der Waals surface area contributed by atoms with Crippen molar-refractivity contribution in [1.29, 1.82) is 0 Å². The Morgan fingerprint density at radius 3 is 2.12 bits per heavy atom. The van der Waals surface area contributed by atoms with Crippen molar-refractivity contribution in [3.8, 4) is 0 Å². The van der Waals surface area contributed by atoms with Gasteiger partial charge in [0.1, 0.15) is 0 Å². The first-order valence-electron chi connectivity index (χ1n) is 11.3. The molecule has 1 aliphatic heterocycles. The number of aryl methyl sites for hydroxylation is 1. The normalized spacial score (nSPS) is 15.2. The van der Waals surface area contributed by atoms with E-state index in [-0.39, 0.29) is 10.8 Å². The zero-order chi connectivity index (χ0) is 23.3. The molecule has 0 radical (unpaired) electrons. The Balaban J connectivity index is 1.68. The highest BCUT2D eigenvalue weighted by Gasteiger charge is 2.22. The van der Waals surface area contributed by atoms with E-state index in [1.165, 1.54) is 22.1 Å². The van der Waals surface area contributed by atoms with Gasteiger partial charge in [0.25, 0.3) is 5.91 Å². The van der Waals surface area contributed by atoms with Gasteiger partial charge in [-0.25, -0.2) is 8.42 Å². The standard InChI is InChI=1S/C24H34N4O3S/c1-5-26-14-16-27(17-15-26)21-10-13-23(19(4)18-21)25-24(29)20-8-11-22(12-9-20)32(30,31)28(6-2)7-3/h8-13,18H,5-7,14-17H2,1-4H3,(H,25,29). The maximum absolute atomic E-state index is 12.7. The van der Waals surface area contributed by atoms with Crippen LogP contribution in [-0.2, 0) is 10.0 Å². The predicted octanol–water partition coefficient (Wildman–Crippen LogP) is 3.42.